The second-order valence-electron chi connectivity index (χ2n) is 4.93. The van der Waals surface area contributed by atoms with Crippen LogP contribution in [-0.4, -0.2) is 53.8 Å². The quantitative estimate of drug-likeness (QED) is 0.859. The number of rotatable bonds is 3. The van der Waals surface area contributed by atoms with Crippen molar-refractivity contribution in [1.29, 1.82) is 0 Å². The predicted octanol–water partition coefficient (Wildman–Crippen LogP) is 2.59. The summed E-state index contributed by atoms with van der Waals surface area (Å²) < 4.78 is 36.9. The lowest BCUT2D eigenvalue weighted by Gasteiger charge is -2.36. The maximum absolute atomic E-state index is 12.3. The summed E-state index contributed by atoms with van der Waals surface area (Å²) in [7, 11) is 1.85. The lowest BCUT2D eigenvalue weighted by atomic mass is 10.0. The van der Waals surface area contributed by atoms with E-state index in [1.165, 1.54) is 17.3 Å². The smallest absolute Gasteiger partial charge is 0.341 e. The van der Waals surface area contributed by atoms with Gasteiger partial charge in [0, 0.05) is 26.2 Å². The van der Waals surface area contributed by atoms with Crippen LogP contribution in [0.4, 0.5) is 19.1 Å². The number of anilines is 1. The molecule has 0 bridgehead atoms. The van der Waals surface area contributed by atoms with E-state index in [0.29, 0.717) is 36.9 Å². The van der Waals surface area contributed by atoms with Crippen LogP contribution < -0.4 is 4.90 Å². The second kappa shape index (κ2) is 6.13. The van der Waals surface area contributed by atoms with E-state index in [-0.39, 0.29) is 6.04 Å². The first kappa shape index (κ1) is 15.3. The van der Waals surface area contributed by atoms with Crippen LogP contribution in [-0.2, 0) is 0 Å². The predicted molar refractivity (Wildman–Crippen MR) is 71.0 cm³/mol. The minimum absolute atomic E-state index is 0.153. The van der Waals surface area contributed by atoms with E-state index in [2.05, 4.69) is 9.97 Å². The largest absolute Gasteiger partial charge is 0.401 e. The van der Waals surface area contributed by atoms with Gasteiger partial charge in [-0.1, -0.05) is 11.6 Å². The van der Waals surface area contributed by atoms with Crippen LogP contribution >= 0.6 is 11.6 Å². The molecular formula is C12H16ClF3N4. The zero-order valence-electron chi connectivity index (χ0n) is 11.1. The highest BCUT2D eigenvalue weighted by molar-refractivity contribution is 6.30. The molecule has 0 N–H and O–H groups in total. The van der Waals surface area contributed by atoms with Gasteiger partial charge in [0.15, 0.2) is 0 Å². The Morgan fingerprint density at radius 2 is 1.85 bits per heavy atom. The first-order chi connectivity index (χ1) is 9.35. The number of likely N-dealkylation sites (tertiary alicyclic amines) is 1. The van der Waals surface area contributed by atoms with Crippen molar-refractivity contribution in [1.82, 2.24) is 14.9 Å². The van der Waals surface area contributed by atoms with E-state index < -0.39 is 12.7 Å². The van der Waals surface area contributed by atoms with Gasteiger partial charge in [0.05, 0.1) is 24.0 Å². The molecule has 0 spiro atoms. The minimum atomic E-state index is -4.13. The lowest BCUT2D eigenvalue weighted by Crippen LogP contribution is -2.46. The first-order valence-electron chi connectivity index (χ1n) is 6.34. The van der Waals surface area contributed by atoms with Crippen LogP contribution in [0.5, 0.6) is 0 Å². The van der Waals surface area contributed by atoms with Gasteiger partial charge in [-0.3, -0.25) is 4.90 Å². The van der Waals surface area contributed by atoms with Crippen LogP contribution in [0, 0.1) is 0 Å². The molecule has 1 aliphatic rings. The zero-order valence-corrected chi connectivity index (χ0v) is 11.8. The summed E-state index contributed by atoms with van der Waals surface area (Å²) in [5, 5.41) is 0.460. The Kier molecular flexibility index (Phi) is 4.70. The van der Waals surface area contributed by atoms with Crippen molar-refractivity contribution in [3.63, 3.8) is 0 Å². The molecular weight excluding hydrogens is 293 g/mol. The maximum atomic E-state index is 12.3. The number of halogens is 4. The highest BCUT2D eigenvalue weighted by Crippen LogP contribution is 2.23. The number of nitrogens with zero attached hydrogens (tertiary/aromatic N) is 4. The van der Waals surface area contributed by atoms with Gasteiger partial charge in [-0.05, 0) is 12.8 Å². The number of alkyl halides is 3. The van der Waals surface area contributed by atoms with Crippen LogP contribution in [0.15, 0.2) is 12.4 Å². The third-order valence-electron chi connectivity index (χ3n) is 3.43. The molecule has 1 aromatic heterocycles. The summed E-state index contributed by atoms with van der Waals surface area (Å²) in [5.41, 5.74) is 0. The molecule has 20 heavy (non-hydrogen) atoms. The van der Waals surface area contributed by atoms with E-state index in [0.717, 1.165) is 0 Å². The van der Waals surface area contributed by atoms with Gasteiger partial charge >= 0.3 is 6.18 Å². The molecule has 0 radical (unpaired) electrons. The Balaban J connectivity index is 1.88. The van der Waals surface area contributed by atoms with Gasteiger partial charge in [0.1, 0.15) is 0 Å². The van der Waals surface area contributed by atoms with Crippen molar-refractivity contribution in [2.24, 2.45) is 0 Å². The Morgan fingerprint density at radius 3 is 2.35 bits per heavy atom. The maximum Gasteiger partial charge on any atom is 0.401 e. The summed E-state index contributed by atoms with van der Waals surface area (Å²) in [5.74, 6) is 0.545. The van der Waals surface area contributed by atoms with E-state index in [1.54, 1.807) is 0 Å². The molecule has 1 aliphatic heterocycles. The van der Waals surface area contributed by atoms with Crippen LogP contribution in [0.1, 0.15) is 12.8 Å². The molecule has 2 rings (SSSR count). The fourth-order valence-corrected chi connectivity index (χ4v) is 2.47. The molecule has 0 saturated carbocycles. The highest BCUT2D eigenvalue weighted by atomic mass is 35.5. The third-order valence-corrected chi connectivity index (χ3v) is 3.63. The van der Waals surface area contributed by atoms with Crippen molar-refractivity contribution in [2.75, 3.05) is 31.6 Å². The Bertz CT molecular complexity index is 429. The van der Waals surface area contributed by atoms with Crippen LogP contribution in [0.3, 0.4) is 0 Å². The number of piperidine rings is 1. The molecule has 1 saturated heterocycles. The molecule has 0 aliphatic carbocycles. The zero-order chi connectivity index (χ0) is 14.8. The van der Waals surface area contributed by atoms with Crippen molar-refractivity contribution in [3.8, 4) is 0 Å². The molecule has 8 heteroatoms. The summed E-state index contributed by atoms with van der Waals surface area (Å²) in [4.78, 5) is 11.6. The van der Waals surface area contributed by atoms with E-state index in [1.807, 2.05) is 11.9 Å². The molecule has 112 valence electrons. The molecule has 2 heterocycles. The summed E-state index contributed by atoms with van der Waals surface area (Å²) in [6.07, 6.45) is 0.230. The Hall–Kier alpha value is -1.08. The summed E-state index contributed by atoms with van der Waals surface area (Å²) >= 11 is 5.73. The standard InChI is InChI=1S/C12H16ClF3N4/c1-19(11-17-6-9(13)7-18-11)10-2-4-20(5-3-10)8-12(14,15)16/h6-7,10H,2-5,8H2,1H3. The van der Waals surface area contributed by atoms with Gasteiger partial charge in [0.2, 0.25) is 5.95 Å². The van der Waals surface area contributed by atoms with Crippen LogP contribution in [0.2, 0.25) is 5.02 Å². The fraction of sp³-hybridized carbons (Fsp3) is 0.667. The van der Waals surface area contributed by atoms with E-state index >= 15 is 0 Å². The molecule has 4 nitrogen and oxygen atoms in total. The fourth-order valence-electron chi connectivity index (χ4n) is 2.37. The van der Waals surface area contributed by atoms with Gasteiger partial charge in [0.25, 0.3) is 0 Å². The number of aromatic nitrogens is 2. The van der Waals surface area contributed by atoms with Gasteiger partial charge < -0.3 is 4.90 Å². The third kappa shape index (κ3) is 4.21. The van der Waals surface area contributed by atoms with Crippen molar-refractivity contribution < 1.29 is 13.2 Å². The molecule has 1 fully saturated rings. The molecule has 0 unspecified atom stereocenters. The summed E-state index contributed by atoms with van der Waals surface area (Å²) in [6, 6.07) is 0.153. The van der Waals surface area contributed by atoms with Crippen molar-refractivity contribution in [2.45, 2.75) is 25.1 Å². The Morgan fingerprint density at radius 1 is 1.30 bits per heavy atom. The number of hydrogen-bond acceptors (Lipinski definition) is 4. The van der Waals surface area contributed by atoms with Crippen LogP contribution in [0.25, 0.3) is 0 Å². The van der Waals surface area contributed by atoms with Gasteiger partial charge in [-0.2, -0.15) is 13.2 Å². The number of hydrogen-bond donors (Lipinski definition) is 0. The summed E-state index contributed by atoms with van der Waals surface area (Å²) in [6.45, 7) is 0.0328. The van der Waals surface area contributed by atoms with Crippen molar-refractivity contribution in [3.05, 3.63) is 17.4 Å². The molecule has 0 aromatic carbocycles. The van der Waals surface area contributed by atoms with E-state index in [4.69, 9.17) is 11.6 Å². The molecule has 0 amide bonds. The average molecular weight is 309 g/mol. The molecule has 1 aromatic rings. The molecule has 0 atom stereocenters. The first-order valence-corrected chi connectivity index (χ1v) is 6.72. The monoisotopic (exact) mass is 308 g/mol. The SMILES string of the molecule is CN(c1ncc(Cl)cn1)C1CCN(CC(F)(F)F)CC1. The van der Waals surface area contributed by atoms with Gasteiger partial charge in [-0.15, -0.1) is 0 Å². The van der Waals surface area contributed by atoms with Gasteiger partial charge in [-0.25, -0.2) is 9.97 Å². The normalized spacial score (nSPS) is 18.2. The van der Waals surface area contributed by atoms with E-state index in [9.17, 15) is 13.2 Å². The minimum Gasteiger partial charge on any atom is -0.341 e. The topological polar surface area (TPSA) is 32.3 Å². The Labute approximate surface area is 120 Å². The van der Waals surface area contributed by atoms with Crippen molar-refractivity contribution >= 4 is 17.5 Å². The second-order valence-corrected chi connectivity index (χ2v) is 5.37. The lowest BCUT2D eigenvalue weighted by molar-refractivity contribution is -0.147. The average Bonchev–Trinajstić information content (AvgIpc) is 2.38. The highest BCUT2D eigenvalue weighted by Gasteiger charge is 2.33.